The smallest absolute Gasteiger partial charge is 0.207 e. The van der Waals surface area contributed by atoms with Crippen molar-refractivity contribution in [2.75, 3.05) is 0 Å². The van der Waals surface area contributed by atoms with Crippen LogP contribution in [0.4, 0.5) is 0 Å². The first kappa shape index (κ1) is 11.2. The van der Waals surface area contributed by atoms with Gasteiger partial charge in [0.1, 0.15) is 0 Å². The zero-order chi connectivity index (χ0) is 13.5. The highest BCUT2D eigenvalue weighted by Gasteiger charge is 2.09. The second kappa shape index (κ2) is 4.20. The summed E-state index contributed by atoms with van der Waals surface area (Å²) >= 11 is 0. The van der Waals surface area contributed by atoms with Crippen LogP contribution in [0, 0.1) is 0 Å². The maximum absolute atomic E-state index is 10.5. The van der Waals surface area contributed by atoms with Crippen LogP contribution in [0.2, 0.25) is 0 Å². The van der Waals surface area contributed by atoms with Crippen molar-refractivity contribution in [3.05, 3.63) is 60.2 Å². The Bertz CT molecular complexity index is 911. The molecule has 20 heavy (non-hydrogen) atoms. The van der Waals surface area contributed by atoms with Gasteiger partial charge in [-0.25, -0.2) is 0 Å². The normalized spacial score (nSPS) is 11.4. The number of rotatable bonds is 3. The Balaban J connectivity index is 2.17. The van der Waals surface area contributed by atoms with Crippen molar-refractivity contribution in [2.45, 2.75) is 6.54 Å². The van der Waals surface area contributed by atoms with Crippen molar-refractivity contribution in [3.63, 3.8) is 0 Å². The predicted octanol–water partition coefficient (Wildman–Crippen LogP) is 3.83. The van der Waals surface area contributed by atoms with Crippen LogP contribution in [-0.2, 0) is 11.3 Å². The number of nitrogens with one attached hydrogen (secondary N) is 1. The highest BCUT2D eigenvalue weighted by atomic mass is 16.1. The maximum Gasteiger partial charge on any atom is 0.207 e. The number of hydrogen-bond acceptors (Lipinski definition) is 1. The third-order valence-electron chi connectivity index (χ3n) is 3.99. The van der Waals surface area contributed by atoms with Crippen LogP contribution in [0.5, 0.6) is 0 Å². The number of carbonyl (C=O) groups excluding carboxylic acids is 1. The van der Waals surface area contributed by atoms with Crippen molar-refractivity contribution < 1.29 is 4.79 Å². The fraction of sp³-hybridized carbons (Fsp3) is 0.0556. The van der Waals surface area contributed by atoms with Gasteiger partial charge >= 0.3 is 0 Å². The Morgan fingerprint density at radius 3 is 2.20 bits per heavy atom. The van der Waals surface area contributed by atoms with Gasteiger partial charge in [-0.2, -0.15) is 0 Å². The summed E-state index contributed by atoms with van der Waals surface area (Å²) in [5.41, 5.74) is 1.16. The first-order chi connectivity index (χ1) is 9.88. The molecule has 4 aromatic rings. The first-order valence-electron chi connectivity index (χ1n) is 6.71. The van der Waals surface area contributed by atoms with E-state index in [0.717, 1.165) is 12.0 Å². The van der Waals surface area contributed by atoms with E-state index in [0.29, 0.717) is 6.54 Å². The predicted molar refractivity (Wildman–Crippen MR) is 83.0 cm³/mol. The van der Waals surface area contributed by atoms with E-state index in [-0.39, 0.29) is 0 Å². The van der Waals surface area contributed by atoms with Crippen molar-refractivity contribution in [2.24, 2.45) is 0 Å². The van der Waals surface area contributed by atoms with E-state index in [9.17, 15) is 4.79 Å². The van der Waals surface area contributed by atoms with Gasteiger partial charge in [-0.1, -0.05) is 54.6 Å². The van der Waals surface area contributed by atoms with Gasteiger partial charge in [0.05, 0.1) is 0 Å². The maximum atomic E-state index is 10.5. The van der Waals surface area contributed by atoms with E-state index >= 15 is 0 Å². The number of hydrogen-bond donors (Lipinski definition) is 1. The van der Waals surface area contributed by atoms with Crippen molar-refractivity contribution >= 4 is 38.7 Å². The molecule has 0 aliphatic rings. The summed E-state index contributed by atoms with van der Waals surface area (Å²) in [5, 5.41) is 10.4. The standard InChI is InChI=1S/C18H13NO/c20-11-19-10-15-7-6-14-5-4-12-2-1-3-13-8-9-16(15)18(14)17(12)13/h1-9,11H,10H2,(H,19,20). The van der Waals surface area contributed by atoms with Crippen molar-refractivity contribution in [3.8, 4) is 0 Å². The van der Waals surface area contributed by atoms with E-state index in [4.69, 9.17) is 0 Å². The summed E-state index contributed by atoms with van der Waals surface area (Å²) in [6.07, 6.45) is 0.748. The van der Waals surface area contributed by atoms with Gasteiger partial charge in [0.25, 0.3) is 0 Å². The molecular weight excluding hydrogens is 246 g/mol. The molecule has 1 N–H and O–H groups in total. The minimum absolute atomic E-state index is 0.567. The van der Waals surface area contributed by atoms with Crippen LogP contribution in [0.15, 0.2) is 54.6 Å². The van der Waals surface area contributed by atoms with E-state index < -0.39 is 0 Å². The molecule has 0 saturated carbocycles. The summed E-state index contributed by atoms with van der Waals surface area (Å²) in [6, 6.07) is 19.3. The lowest BCUT2D eigenvalue weighted by atomic mass is 9.92. The Hall–Kier alpha value is -2.61. The summed E-state index contributed by atoms with van der Waals surface area (Å²) in [5.74, 6) is 0. The van der Waals surface area contributed by atoms with E-state index in [2.05, 4.69) is 59.9 Å². The van der Waals surface area contributed by atoms with Crippen LogP contribution in [0.1, 0.15) is 5.56 Å². The number of benzene rings is 4. The Morgan fingerprint density at radius 1 is 0.800 bits per heavy atom. The zero-order valence-corrected chi connectivity index (χ0v) is 10.9. The average molecular weight is 259 g/mol. The molecule has 0 fully saturated rings. The molecule has 0 aliphatic carbocycles. The molecule has 1 amide bonds. The van der Waals surface area contributed by atoms with E-state index in [1.54, 1.807) is 0 Å². The largest absolute Gasteiger partial charge is 0.355 e. The quantitative estimate of drug-likeness (QED) is 0.439. The summed E-state index contributed by atoms with van der Waals surface area (Å²) < 4.78 is 0. The topological polar surface area (TPSA) is 29.1 Å². The lowest BCUT2D eigenvalue weighted by Gasteiger charge is -2.13. The van der Waals surface area contributed by atoms with Gasteiger partial charge in [0, 0.05) is 6.54 Å². The average Bonchev–Trinajstić information content (AvgIpc) is 2.51. The first-order valence-corrected chi connectivity index (χ1v) is 6.71. The fourth-order valence-electron chi connectivity index (χ4n) is 3.10. The molecule has 4 aromatic carbocycles. The molecule has 0 heterocycles. The molecule has 0 aromatic heterocycles. The van der Waals surface area contributed by atoms with Gasteiger partial charge in [-0.3, -0.25) is 4.79 Å². The minimum atomic E-state index is 0.567. The van der Waals surface area contributed by atoms with Crippen LogP contribution >= 0.6 is 0 Å². The second-order valence-corrected chi connectivity index (χ2v) is 5.08. The number of carbonyl (C=O) groups is 1. The zero-order valence-electron chi connectivity index (χ0n) is 10.9. The second-order valence-electron chi connectivity index (χ2n) is 5.08. The summed E-state index contributed by atoms with van der Waals surface area (Å²) in [6.45, 7) is 0.567. The minimum Gasteiger partial charge on any atom is -0.355 e. The van der Waals surface area contributed by atoms with Crippen LogP contribution in [-0.4, -0.2) is 6.41 Å². The van der Waals surface area contributed by atoms with Gasteiger partial charge in [0.2, 0.25) is 6.41 Å². The molecule has 0 unspecified atom stereocenters. The van der Waals surface area contributed by atoms with Gasteiger partial charge in [0.15, 0.2) is 0 Å². The van der Waals surface area contributed by atoms with Gasteiger partial charge in [-0.15, -0.1) is 0 Å². The van der Waals surface area contributed by atoms with Crippen LogP contribution < -0.4 is 5.32 Å². The van der Waals surface area contributed by atoms with E-state index in [1.807, 2.05) is 0 Å². The van der Waals surface area contributed by atoms with Crippen LogP contribution in [0.25, 0.3) is 32.3 Å². The Labute approximate surface area is 116 Å². The molecule has 96 valence electrons. The molecule has 2 heteroatoms. The molecule has 0 spiro atoms. The highest BCUT2D eigenvalue weighted by molar-refractivity contribution is 6.23. The van der Waals surface area contributed by atoms with Crippen molar-refractivity contribution in [1.82, 2.24) is 5.32 Å². The Morgan fingerprint density at radius 2 is 1.45 bits per heavy atom. The SMILES string of the molecule is O=CNCc1ccc2ccc3cccc4ccc1c2c34. The summed E-state index contributed by atoms with van der Waals surface area (Å²) in [7, 11) is 0. The third kappa shape index (κ3) is 1.48. The summed E-state index contributed by atoms with van der Waals surface area (Å²) in [4.78, 5) is 10.5. The molecule has 0 radical (unpaired) electrons. The highest BCUT2D eigenvalue weighted by Crippen LogP contribution is 2.35. The fourth-order valence-corrected chi connectivity index (χ4v) is 3.10. The van der Waals surface area contributed by atoms with Gasteiger partial charge < -0.3 is 5.32 Å². The molecule has 0 atom stereocenters. The third-order valence-corrected chi connectivity index (χ3v) is 3.99. The number of amides is 1. The molecular formula is C18H13NO. The molecule has 2 nitrogen and oxygen atoms in total. The molecule has 0 aliphatic heterocycles. The molecule has 0 bridgehead atoms. The Kier molecular flexibility index (Phi) is 2.36. The molecule has 4 rings (SSSR count). The van der Waals surface area contributed by atoms with Crippen LogP contribution in [0.3, 0.4) is 0 Å². The molecule has 0 saturated heterocycles. The lowest BCUT2D eigenvalue weighted by Crippen LogP contribution is -2.10. The van der Waals surface area contributed by atoms with Crippen molar-refractivity contribution in [1.29, 1.82) is 0 Å². The monoisotopic (exact) mass is 259 g/mol. The van der Waals surface area contributed by atoms with E-state index in [1.165, 1.54) is 32.3 Å². The lowest BCUT2D eigenvalue weighted by molar-refractivity contribution is -0.109. The van der Waals surface area contributed by atoms with Gasteiger partial charge in [-0.05, 0) is 37.9 Å².